The lowest BCUT2D eigenvalue weighted by atomic mass is 10.1. The Morgan fingerprint density at radius 3 is 2.47 bits per heavy atom. The van der Waals surface area contributed by atoms with Gasteiger partial charge in [0, 0.05) is 17.8 Å². The minimum absolute atomic E-state index is 0.114. The molecule has 0 radical (unpaired) electrons. The predicted octanol–water partition coefficient (Wildman–Crippen LogP) is 4.75. The van der Waals surface area contributed by atoms with E-state index in [1.54, 1.807) is 24.3 Å². The maximum Gasteiger partial charge on any atom is 0.286 e. The second-order valence-corrected chi connectivity index (χ2v) is 8.51. The summed E-state index contributed by atoms with van der Waals surface area (Å²) in [4.78, 5) is 24.9. The molecule has 0 unspecified atom stereocenters. The molecule has 0 atom stereocenters. The summed E-state index contributed by atoms with van der Waals surface area (Å²) in [5.74, 6) is -0.472. The van der Waals surface area contributed by atoms with E-state index < -0.39 is 5.91 Å². The third-order valence-corrected chi connectivity index (χ3v) is 5.67. The molecular weight excluding hydrogens is 455 g/mol. The van der Waals surface area contributed by atoms with E-state index in [-0.39, 0.29) is 23.3 Å². The van der Waals surface area contributed by atoms with Crippen LogP contribution < -0.4 is 15.4 Å². The molecule has 1 aromatic heterocycles. The number of carbonyl (C=O) groups excluding carboxylic acids is 2. The van der Waals surface area contributed by atoms with Crippen molar-refractivity contribution in [1.82, 2.24) is 15.5 Å². The van der Waals surface area contributed by atoms with Gasteiger partial charge in [-0.2, -0.15) is 0 Å². The van der Waals surface area contributed by atoms with Gasteiger partial charge >= 0.3 is 0 Å². The number of nitrogens with one attached hydrogen (secondary N) is 2. The lowest BCUT2D eigenvalue weighted by Gasteiger charge is -2.07. The largest absolute Gasteiger partial charge is 0.486 e. The fourth-order valence-corrected chi connectivity index (χ4v) is 3.72. The summed E-state index contributed by atoms with van der Waals surface area (Å²) in [6.45, 7) is 2.55. The first-order valence-corrected chi connectivity index (χ1v) is 11.2. The van der Waals surface area contributed by atoms with Gasteiger partial charge in [-0.3, -0.25) is 9.59 Å². The summed E-state index contributed by atoms with van der Waals surface area (Å²) in [6, 6.07) is 20.1. The highest BCUT2D eigenvalue weighted by Gasteiger charge is 2.14. The molecule has 0 aliphatic heterocycles. The van der Waals surface area contributed by atoms with Gasteiger partial charge in [-0.15, -0.1) is 10.2 Å². The normalized spacial score (nSPS) is 10.5. The summed E-state index contributed by atoms with van der Waals surface area (Å²) in [7, 11) is 0. The number of aromatic nitrogens is 2. The first kappa shape index (κ1) is 23.1. The molecule has 0 spiro atoms. The minimum atomic E-state index is -0.415. The smallest absolute Gasteiger partial charge is 0.286 e. The quantitative estimate of drug-likeness (QED) is 0.383. The molecule has 172 valence electrons. The highest BCUT2D eigenvalue weighted by atomic mass is 32.1. The molecule has 34 heavy (non-hydrogen) atoms. The molecule has 0 aliphatic carbocycles. The van der Waals surface area contributed by atoms with E-state index in [0.717, 1.165) is 22.5 Å². The molecule has 1 heterocycles. The maximum absolute atomic E-state index is 13.0. The highest BCUT2D eigenvalue weighted by Crippen LogP contribution is 2.17. The molecule has 0 saturated carbocycles. The molecule has 2 N–H and O–H groups in total. The number of ether oxygens (including phenoxy) is 1. The third-order valence-electron chi connectivity index (χ3n) is 4.78. The van der Waals surface area contributed by atoms with Gasteiger partial charge < -0.3 is 15.4 Å². The zero-order valence-corrected chi connectivity index (χ0v) is 19.1. The Balaban J connectivity index is 1.28. The summed E-state index contributed by atoms with van der Waals surface area (Å²) in [5, 5.41) is 14.2. The van der Waals surface area contributed by atoms with Crippen LogP contribution in [0.1, 0.15) is 36.3 Å². The number of nitrogens with zero attached hydrogens (tertiary/aromatic N) is 2. The predicted molar refractivity (Wildman–Crippen MR) is 127 cm³/mol. The number of carbonyl (C=O) groups is 2. The summed E-state index contributed by atoms with van der Waals surface area (Å²) in [6.07, 6.45) is 0. The lowest BCUT2D eigenvalue weighted by Crippen LogP contribution is -2.22. The monoisotopic (exact) mass is 476 g/mol. The van der Waals surface area contributed by atoms with Gasteiger partial charge in [0.05, 0.1) is 0 Å². The number of rotatable bonds is 8. The Morgan fingerprint density at radius 2 is 1.74 bits per heavy atom. The van der Waals surface area contributed by atoms with E-state index in [1.807, 2.05) is 31.2 Å². The van der Waals surface area contributed by atoms with Crippen molar-refractivity contribution in [2.45, 2.75) is 20.1 Å². The van der Waals surface area contributed by atoms with Crippen LogP contribution in [0.25, 0.3) is 0 Å². The van der Waals surface area contributed by atoms with Gasteiger partial charge in [0.25, 0.3) is 11.8 Å². The zero-order chi connectivity index (χ0) is 23.9. The molecule has 4 rings (SSSR count). The van der Waals surface area contributed by atoms with Gasteiger partial charge in [-0.05, 0) is 61.0 Å². The molecule has 9 heteroatoms. The van der Waals surface area contributed by atoms with Crippen LogP contribution in [0.5, 0.6) is 5.75 Å². The van der Waals surface area contributed by atoms with Crippen LogP contribution in [0.4, 0.5) is 10.1 Å². The van der Waals surface area contributed by atoms with Crippen LogP contribution in [-0.2, 0) is 13.2 Å². The van der Waals surface area contributed by atoms with Crippen LogP contribution in [0.3, 0.4) is 0 Å². The number of halogens is 1. The zero-order valence-electron chi connectivity index (χ0n) is 18.2. The van der Waals surface area contributed by atoms with Gasteiger partial charge in [0.2, 0.25) is 5.01 Å². The van der Waals surface area contributed by atoms with Crippen molar-refractivity contribution in [3.63, 3.8) is 0 Å². The number of hydrogen-bond acceptors (Lipinski definition) is 6. The second kappa shape index (κ2) is 10.7. The van der Waals surface area contributed by atoms with Gasteiger partial charge in [0.15, 0.2) is 5.01 Å². The third kappa shape index (κ3) is 6.23. The number of aryl methyl sites for hydroxylation is 1. The first-order chi connectivity index (χ1) is 16.5. The summed E-state index contributed by atoms with van der Waals surface area (Å²) < 4.78 is 18.5. The molecule has 2 amide bonds. The Bertz CT molecular complexity index is 1290. The van der Waals surface area contributed by atoms with Gasteiger partial charge in [-0.25, -0.2) is 4.39 Å². The Morgan fingerprint density at radius 1 is 0.971 bits per heavy atom. The van der Waals surface area contributed by atoms with E-state index in [4.69, 9.17) is 4.74 Å². The minimum Gasteiger partial charge on any atom is -0.486 e. The van der Waals surface area contributed by atoms with E-state index in [9.17, 15) is 14.0 Å². The van der Waals surface area contributed by atoms with Crippen molar-refractivity contribution < 1.29 is 18.7 Å². The molecule has 0 fully saturated rings. The lowest BCUT2D eigenvalue weighted by molar-refractivity contribution is 0.0950. The van der Waals surface area contributed by atoms with Crippen LogP contribution >= 0.6 is 11.3 Å². The highest BCUT2D eigenvalue weighted by molar-refractivity contribution is 7.13. The molecule has 0 saturated heterocycles. The molecule has 0 aliphatic rings. The molecule has 3 aromatic carbocycles. The van der Waals surface area contributed by atoms with Crippen LogP contribution in [-0.4, -0.2) is 22.0 Å². The van der Waals surface area contributed by atoms with Crippen LogP contribution in [0.2, 0.25) is 0 Å². The molecule has 0 bridgehead atoms. The number of anilines is 1. The van der Waals surface area contributed by atoms with E-state index in [0.29, 0.717) is 28.6 Å². The van der Waals surface area contributed by atoms with Crippen molar-refractivity contribution in [2.24, 2.45) is 0 Å². The standard InChI is InChI=1S/C25H21FN4O3S/c1-16-3-2-4-17(13-16)14-27-23(31)18-5-9-20(10-6-18)28-24(32)25-30-29-22(34-25)15-33-21-11-7-19(26)8-12-21/h2-13H,14-15H2,1H3,(H,27,31)(H,28,32). The summed E-state index contributed by atoms with van der Waals surface area (Å²) in [5.41, 5.74) is 3.17. The Labute approximate surface area is 199 Å². The fourth-order valence-electron chi connectivity index (χ4n) is 3.08. The SMILES string of the molecule is Cc1cccc(CNC(=O)c2ccc(NC(=O)c3nnc(COc4ccc(F)cc4)s3)cc2)c1. The molecule has 7 nitrogen and oxygen atoms in total. The number of amides is 2. The first-order valence-electron chi connectivity index (χ1n) is 10.4. The Hall–Kier alpha value is -4.11. The van der Waals surface area contributed by atoms with Crippen molar-refractivity contribution in [3.8, 4) is 5.75 Å². The molecular formula is C25H21FN4O3S. The average molecular weight is 477 g/mol. The number of benzene rings is 3. The Kier molecular flexibility index (Phi) is 7.24. The van der Waals surface area contributed by atoms with Crippen molar-refractivity contribution >= 4 is 28.8 Å². The van der Waals surface area contributed by atoms with Crippen molar-refractivity contribution in [2.75, 3.05) is 5.32 Å². The van der Waals surface area contributed by atoms with E-state index >= 15 is 0 Å². The van der Waals surface area contributed by atoms with Gasteiger partial charge in [-0.1, -0.05) is 41.2 Å². The van der Waals surface area contributed by atoms with E-state index in [1.165, 1.54) is 24.3 Å². The average Bonchev–Trinajstić information content (AvgIpc) is 3.32. The van der Waals surface area contributed by atoms with Gasteiger partial charge in [0.1, 0.15) is 18.2 Å². The number of hydrogen-bond donors (Lipinski definition) is 2. The molecule has 4 aromatic rings. The van der Waals surface area contributed by atoms with E-state index in [2.05, 4.69) is 20.8 Å². The second-order valence-electron chi connectivity index (χ2n) is 7.45. The van der Waals surface area contributed by atoms with Crippen molar-refractivity contribution in [3.05, 3.63) is 105 Å². The maximum atomic E-state index is 13.0. The summed E-state index contributed by atoms with van der Waals surface area (Å²) >= 11 is 1.10. The van der Waals surface area contributed by atoms with Crippen LogP contribution in [0, 0.1) is 12.7 Å². The van der Waals surface area contributed by atoms with Crippen LogP contribution in [0.15, 0.2) is 72.8 Å². The van der Waals surface area contributed by atoms with Crippen molar-refractivity contribution in [1.29, 1.82) is 0 Å². The topological polar surface area (TPSA) is 93.2 Å². The fraction of sp³-hybridized carbons (Fsp3) is 0.120.